The van der Waals surface area contributed by atoms with Crippen molar-refractivity contribution in [3.63, 3.8) is 0 Å². The van der Waals surface area contributed by atoms with E-state index in [9.17, 15) is 0 Å². The maximum Gasteiger partial charge on any atom is 0.226 e. The minimum Gasteiger partial charge on any atom is -0.362 e. The Hall–Kier alpha value is -2.15. The first kappa shape index (κ1) is 12.9. The molecule has 0 saturated heterocycles. The Labute approximate surface area is 120 Å². The van der Waals surface area contributed by atoms with Gasteiger partial charge >= 0.3 is 0 Å². The zero-order chi connectivity index (χ0) is 13.9. The highest BCUT2D eigenvalue weighted by Gasteiger charge is 2.09. The highest BCUT2D eigenvalue weighted by Crippen LogP contribution is 2.26. The van der Waals surface area contributed by atoms with Gasteiger partial charge in [-0.25, -0.2) is 9.97 Å². The lowest BCUT2D eigenvalue weighted by Crippen LogP contribution is -2.09. The summed E-state index contributed by atoms with van der Waals surface area (Å²) in [7, 11) is 1.98. The van der Waals surface area contributed by atoms with Gasteiger partial charge in [0.05, 0.1) is 11.9 Å². The molecule has 0 aliphatic rings. The van der Waals surface area contributed by atoms with Gasteiger partial charge in [-0.05, 0) is 18.4 Å². The molecule has 0 unspecified atom stereocenters. The maximum absolute atomic E-state index is 4.53. The number of hydrogen-bond acceptors (Lipinski definition) is 6. The van der Waals surface area contributed by atoms with Crippen LogP contribution in [0.3, 0.4) is 0 Å². The minimum atomic E-state index is 0.636. The standard InChI is InChI=1S/C13H16N6S/c1-3-14-13-17-11(9-4-7-20-12(9)18-13)16-8-10-15-5-6-19(10)2/h4-7H,3,8H2,1-2H3,(H2,14,16,17,18). The Bertz CT molecular complexity index is 717. The van der Waals surface area contributed by atoms with E-state index in [1.54, 1.807) is 17.5 Å². The van der Waals surface area contributed by atoms with Crippen LogP contribution in [0.4, 0.5) is 11.8 Å². The predicted molar refractivity (Wildman–Crippen MR) is 82.1 cm³/mol. The van der Waals surface area contributed by atoms with Crippen LogP contribution in [0.15, 0.2) is 23.8 Å². The highest BCUT2D eigenvalue weighted by atomic mass is 32.1. The molecule has 0 fully saturated rings. The molecule has 3 rings (SSSR count). The van der Waals surface area contributed by atoms with E-state index < -0.39 is 0 Å². The van der Waals surface area contributed by atoms with Gasteiger partial charge in [-0.3, -0.25) is 0 Å². The van der Waals surface area contributed by atoms with E-state index in [2.05, 4.69) is 25.6 Å². The average molecular weight is 288 g/mol. The third kappa shape index (κ3) is 2.44. The van der Waals surface area contributed by atoms with Crippen molar-refractivity contribution in [2.24, 2.45) is 7.05 Å². The molecule has 0 aliphatic heterocycles. The molecule has 0 spiro atoms. The normalized spacial score (nSPS) is 10.9. The van der Waals surface area contributed by atoms with Crippen LogP contribution in [-0.4, -0.2) is 26.1 Å². The number of thiophene rings is 1. The molecule has 104 valence electrons. The summed E-state index contributed by atoms with van der Waals surface area (Å²) < 4.78 is 1.99. The Morgan fingerprint density at radius 3 is 2.95 bits per heavy atom. The third-order valence-electron chi connectivity index (χ3n) is 2.99. The molecule has 7 heteroatoms. The zero-order valence-electron chi connectivity index (χ0n) is 11.4. The lowest BCUT2D eigenvalue weighted by Gasteiger charge is -2.09. The van der Waals surface area contributed by atoms with E-state index in [1.165, 1.54) is 0 Å². The molecule has 2 N–H and O–H groups in total. The number of imidazole rings is 1. The Balaban J connectivity index is 1.89. The number of rotatable bonds is 5. The predicted octanol–water partition coefficient (Wildman–Crippen LogP) is 2.47. The number of hydrogen-bond donors (Lipinski definition) is 2. The monoisotopic (exact) mass is 288 g/mol. The summed E-state index contributed by atoms with van der Waals surface area (Å²) in [6.45, 7) is 3.47. The summed E-state index contributed by atoms with van der Waals surface area (Å²) in [5, 5.41) is 9.58. The van der Waals surface area contributed by atoms with E-state index in [1.807, 2.05) is 36.2 Å². The third-order valence-corrected chi connectivity index (χ3v) is 3.80. The summed E-state index contributed by atoms with van der Waals surface area (Å²) in [4.78, 5) is 14.3. The maximum atomic E-state index is 4.53. The Morgan fingerprint density at radius 2 is 2.20 bits per heavy atom. The Kier molecular flexibility index (Phi) is 3.51. The largest absolute Gasteiger partial charge is 0.362 e. The fourth-order valence-electron chi connectivity index (χ4n) is 1.96. The summed E-state index contributed by atoms with van der Waals surface area (Å²) in [5.41, 5.74) is 0. The number of aryl methyl sites for hydroxylation is 1. The van der Waals surface area contributed by atoms with Crippen molar-refractivity contribution in [3.8, 4) is 0 Å². The zero-order valence-corrected chi connectivity index (χ0v) is 12.2. The minimum absolute atomic E-state index is 0.636. The fourth-order valence-corrected chi connectivity index (χ4v) is 2.72. The van der Waals surface area contributed by atoms with Crippen LogP contribution in [0.5, 0.6) is 0 Å². The van der Waals surface area contributed by atoms with Crippen LogP contribution in [0.25, 0.3) is 10.2 Å². The first-order valence-electron chi connectivity index (χ1n) is 6.47. The molecule has 0 amide bonds. The van der Waals surface area contributed by atoms with Crippen LogP contribution in [0, 0.1) is 0 Å². The van der Waals surface area contributed by atoms with Gasteiger partial charge in [-0.2, -0.15) is 4.98 Å². The van der Waals surface area contributed by atoms with Crippen molar-refractivity contribution >= 4 is 33.3 Å². The van der Waals surface area contributed by atoms with Crippen molar-refractivity contribution in [2.45, 2.75) is 13.5 Å². The van der Waals surface area contributed by atoms with E-state index in [0.717, 1.165) is 28.4 Å². The smallest absolute Gasteiger partial charge is 0.226 e. The first-order valence-corrected chi connectivity index (χ1v) is 7.35. The molecule has 3 heterocycles. The lowest BCUT2D eigenvalue weighted by atomic mass is 10.3. The topological polar surface area (TPSA) is 67.7 Å². The van der Waals surface area contributed by atoms with Gasteiger partial charge < -0.3 is 15.2 Å². The second kappa shape index (κ2) is 5.46. The summed E-state index contributed by atoms with van der Waals surface area (Å²) >= 11 is 1.62. The van der Waals surface area contributed by atoms with Gasteiger partial charge in [0.1, 0.15) is 16.5 Å². The van der Waals surface area contributed by atoms with Gasteiger partial charge in [-0.1, -0.05) is 0 Å². The number of nitrogens with one attached hydrogen (secondary N) is 2. The number of anilines is 2. The van der Waals surface area contributed by atoms with Gasteiger partial charge in [0, 0.05) is 26.0 Å². The second-order valence-corrected chi connectivity index (χ2v) is 5.27. The Morgan fingerprint density at radius 1 is 1.30 bits per heavy atom. The quantitative estimate of drug-likeness (QED) is 0.755. The molecule has 0 bridgehead atoms. The van der Waals surface area contributed by atoms with Crippen LogP contribution in [0.1, 0.15) is 12.7 Å². The number of nitrogens with zero attached hydrogens (tertiary/aromatic N) is 4. The van der Waals surface area contributed by atoms with E-state index in [0.29, 0.717) is 12.5 Å². The van der Waals surface area contributed by atoms with Gasteiger partial charge in [0.25, 0.3) is 0 Å². The SMILES string of the molecule is CCNc1nc(NCc2nccn2C)c2ccsc2n1. The summed E-state index contributed by atoms with van der Waals surface area (Å²) in [5.74, 6) is 2.47. The molecule has 0 aliphatic carbocycles. The summed E-state index contributed by atoms with van der Waals surface area (Å²) in [6.07, 6.45) is 3.72. The lowest BCUT2D eigenvalue weighted by molar-refractivity contribution is 0.811. The van der Waals surface area contributed by atoms with Gasteiger partial charge in [-0.15, -0.1) is 11.3 Å². The molecule has 20 heavy (non-hydrogen) atoms. The van der Waals surface area contributed by atoms with Crippen LogP contribution in [-0.2, 0) is 13.6 Å². The van der Waals surface area contributed by atoms with Crippen molar-refractivity contribution in [1.29, 1.82) is 0 Å². The number of aromatic nitrogens is 4. The van der Waals surface area contributed by atoms with E-state index >= 15 is 0 Å². The molecular formula is C13H16N6S. The second-order valence-electron chi connectivity index (χ2n) is 4.37. The van der Waals surface area contributed by atoms with Crippen LogP contribution in [0.2, 0.25) is 0 Å². The molecule has 0 saturated carbocycles. The average Bonchev–Trinajstić information content (AvgIpc) is 3.05. The molecule has 0 atom stereocenters. The fraction of sp³-hybridized carbons (Fsp3) is 0.308. The number of fused-ring (bicyclic) bond motifs is 1. The van der Waals surface area contributed by atoms with Gasteiger partial charge in [0.2, 0.25) is 5.95 Å². The van der Waals surface area contributed by atoms with Crippen molar-refractivity contribution in [1.82, 2.24) is 19.5 Å². The van der Waals surface area contributed by atoms with Crippen molar-refractivity contribution in [3.05, 3.63) is 29.7 Å². The first-order chi connectivity index (χ1) is 9.78. The summed E-state index contributed by atoms with van der Waals surface area (Å²) in [6, 6.07) is 2.04. The molecule has 3 aromatic rings. The highest BCUT2D eigenvalue weighted by molar-refractivity contribution is 7.16. The van der Waals surface area contributed by atoms with Gasteiger partial charge in [0.15, 0.2) is 0 Å². The van der Waals surface area contributed by atoms with E-state index in [4.69, 9.17) is 0 Å². The van der Waals surface area contributed by atoms with Crippen LogP contribution >= 0.6 is 11.3 Å². The molecule has 6 nitrogen and oxygen atoms in total. The molecular weight excluding hydrogens is 272 g/mol. The molecule has 3 aromatic heterocycles. The van der Waals surface area contributed by atoms with Crippen LogP contribution < -0.4 is 10.6 Å². The van der Waals surface area contributed by atoms with Crippen molar-refractivity contribution < 1.29 is 0 Å². The molecule has 0 radical (unpaired) electrons. The molecule has 0 aromatic carbocycles. The van der Waals surface area contributed by atoms with E-state index in [-0.39, 0.29) is 0 Å². The van der Waals surface area contributed by atoms with Crippen molar-refractivity contribution in [2.75, 3.05) is 17.2 Å².